The smallest absolute Gasteiger partial charge is 0.261 e. The molecule has 0 atom stereocenters. The Morgan fingerprint density at radius 2 is 1.38 bits per heavy atom. The summed E-state index contributed by atoms with van der Waals surface area (Å²) in [6.45, 7) is 0. The zero-order valence-electron chi connectivity index (χ0n) is 15.1. The van der Waals surface area contributed by atoms with E-state index >= 15 is 0 Å². The molecule has 0 fully saturated rings. The standard InChI is InChI=1S/C21H17Cl2NO4S/c22-20-10-5-16(13-21(20)23)24-29(27,28)19-8-3-15(4-9-19)12-18(26)11-14-1-6-17(25)7-2-14/h1-10,13,24-25H,11-12H2. The van der Waals surface area contributed by atoms with Gasteiger partial charge in [-0.05, 0) is 53.6 Å². The molecule has 0 aliphatic rings. The van der Waals surface area contributed by atoms with Gasteiger partial charge in [0.25, 0.3) is 10.0 Å². The first-order chi connectivity index (χ1) is 13.7. The summed E-state index contributed by atoms with van der Waals surface area (Å²) in [7, 11) is -3.80. The van der Waals surface area contributed by atoms with E-state index in [0.717, 1.165) is 5.56 Å². The van der Waals surface area contributed by atoms with Crippen molar-refractivity contribution in [2.75, 3.05) is 4.72 Å². The first-order valence-electron chi connectivity index (χ1n) is 8.59. The normalized spacial score (nSPS) is 11.2. The predicted octanol–water partition coefficient (Wildman–Crippen LogP) is 4.85. The summed E-state index contributed by atoms with van der Waals surface area (Å²) in [5, 5.41) is 9.86. The maximum absolute atomic E-state index is 12.5. The fourth-order valence-electron chi connectivity index (χ4n) is 2.69. The van der Waals surface area contributed by atoms with Crippen molar-refractivity contribution in [2.24, 2.45) is 0 Å². The molecule has 0 saturated carbocycles. The van der Waals surface area contributed by atoms with Gasteiger partial charge in [-0.15, -0.1) is 0 Å². The minimum absolute atomic E-state index is 0.0137. The largest absolute Gasteiger partial charge is 0.508 e. The van der Waals surface area contributed by atoms with E-state index in [9.17, 15) is 18.3 Å². The van der Waals surface area contributed by atoms with E-state index in [2.05, 4.69) is 4.72 Å². The van der Waals surface area contributed by atoms with Crippen molar-refractivity contribution in [3.63, 3.8) is 0 Å². The molecular formula is C21H17Cl2NO4S. The average molecular weight is 450 g/mol. The van der Waals surface area contributed by atoms with Crippen LogP contribution in [0.4, 0.5) is 5.69 Å². The summed E-state index contributed by atoms with van der Waals surface area (Å²) in [6, 6.07) is 17.0. The van der Waals surface area contributed by atoms with E-state index in [-0.39, 0.29) is 34.3 Å². The number of carbonyl (C=O) groups is 1. The van der Waals surface area contributed by atoms with Crippen LogP contribution in [-0.4, -0.2) is 19.3 Å². The van der Waals surface area contributed by atoms with Crippen molar-refractivity contribution >= 4 is 44.7 Å². The summed E-state index contributed by atoms with van der Waals surface area (Å²) in [4.78, 5) is 12.3. The number of halogens is 2. The number of benzene rings is 3. The molecule has 150 valence electrons. The highest BCUT2D eigenvalue weighted by Crippen LogP contribution is 2.26. The van der Waals surface area contributed by atoms with Crippen LogP contribution >= 0.6 is 23.2 Å². The van der Waals surface area contributed by atoms with Crippen molar-refractivity contribution < 1.29 is 18.3 Å². The fourth-order valence-corrected chi connectivity index (χ4v) is 4.04. The van der Waals surface area contributed by atoms with Crippen molar-refractivity contribution in [1.29, 1.82) is 0 Å². The maximum Gasteiger partial charge on any atom is 0.261 e. The van der Waals surface area contributed by atoms with E-state index in [1.807, 2.05) is 0 Å². The third-order valence-corrected chi connectivity index (χ3v) is 6.28. The van der Waals surface area contributed by atoms with Crippen LogP contribution in [0.1, 0.15) is 11.1 Å². The Hall–Kier alpha value is -2.54. The molecule has 0 spiro atoms. The number of aromatic hydroxyl groups is 1. The van der Waals surface area contributed by atoms with E-state index in [4.69, 9.17) is 23.2 Å². The molecule has 0 amide bonds. The summed E-state index contributed by atoms with van der Waals surface area (Å²) >= 11 is 11.8. The van der Waals surface area contributed by atoms with Gasteiger partial charge in [0.05, 0.1) is 20.6 Å². The van der Waals surface area contributed by atoms with Gasteiger partial charge in [0.2, 0.25) is 0 Å². The van der Waals surface area contributed by atoms with Gasteiger partial charge in [-0.25, -0.2) is 8.42 Å². The molecule has 5 nitrogen and oxygen atoms in total. The number of anilines is 1. The molecular weight excluding hydrogens is 433 g/mol. The molecule has 0 aliphatic carbocycles. The second-order valence-corrected chi connectivity index (χ2v) is 8.93. The average Bonchev–Trinajstić information content (AvgIpc) is 2.67. The summed E-state index contributed by atoms with van der Waals surface area (Å²) in [6.07, 6.45) is 0.417. The number of carbonyl (C=O) groups excluding carboxylic acids is 1. The molecule has 29 heavy (non-hydrogen) atoms. The zero-order chi connectivity index (χ0) is 21.0. The fraction of sp³-hybridized carbons (Fsp3) is 0.0952. The Morgan fingerprint density at radius 1 is 0.828 bits per heavy atom. The summed E-state index contributed by atoms with van der Waals surface area (Å²) < 4.78 is 27.5. The highest BCUT2D eigenvalue weighted by Gasteiger charge is 2.15. The van der Waals surface area contributed by atoms with Gasteiger partial charge in [-0.2, -0.15) is 0 Å². The molecule has 8 heteroatoms. The van der Waals surface area contributed by atoms with Crippen LogP contribution in [-0.2, 0) is 27.7 Å². The van der Waals surface area contributed by atoms with Crippen LogP contribution < -0.4 is 4.72 Å². The molecule has 0 aliphatic heterocycles. The number of ketones is 1. The third kappa shape index (κ3) is 5.73. The SMILES string of the molecule is O=C(Cc1ccc(O)cc1)Cc1ccc(S(=O)(=O)Nc2ccc(Cl)c(Cl)c2)cc1. The van der Waals surface area contributed by atoms with Crippen molar-refractivity contribution in [3.05, 3.63) is 87.9 Å². The second-order valence-electron chi connectivity index (χ2n) is 6.44. The second kappa shape index (κ2) is 8.86. The van der Waals surface area contributed by atoms with Gasteiger partial charge in [-0.1, -0.05) is 47.5 Å². The van der Waals surface area contributed by atoms with Crippen LogP contribution in [0, 0.1) is 0 Å². The Balaban J connectivity index is 1.66. The predicted molar refractivity (Wildman–Crippen MR) is 114 cm³/mol. The molecule has 0 unspecified atom stereocenters. The van der Waals surface area contributed by atoms with E-state index in [1.165, 1.54) is 42.5 Å². The summed E-state index contributed by atoms with van der Waals surface area (Å²) in [5.41, 5.74) is 1.81. The highest BCUT2D eigenvalue weighted by molar-refractivity contribution is 7.92. The lowest BCUT2D eigenvalue weighted by Gasteiger charge is -2.09. The van der Waals surface area contributed by atoms with Gasteiger partial charge >= 0.3 is 0 Å². The molecule has 2 N–H and O–H groups in total. The lowest BCUT2D eigenvalue weighted by Crippen LogP contribution is -2.13. The van der Waals surface area contributed by atoms with Gasteiger partial charge in [0.15, 0.2) is 0 Å². The van der Waals surface area contributed by atoms with Gasteiger partial charge in [0, 0.05) is 12.8 Å². The number of nitrogens with one attached hydrogen (secondary N) is 1. The Bertz CT molecular complexity index is 1130. The van der Waals surface area contributed by atoms with Crippen LogP contribution in [0.3, 0.4) is 0 Å². The van der Waals surface area contributed by atoms with Crippen LogP contribution in [0.15, 0.2) is 71.6 Å². The molecule has 0 bridgehead atoms. The Kier molecular flexibility index (Phi) is 6.47. The summed E-state index contributed by atoms with van der Waals surface area (Å²) in [5.74, 6) is 0.132. The van der Waals surface area contributed by atoms with E-state index in [1.54, 1.807) is 24.3 Å². The molecule has 3 rings (SSSR count). The number of hydrogen-bond acceptors (Lipinski definition) is 4. The van der Waals surface area contributed by atoms with E-state index < -0.39 is 10.0 Å². The molecule has 0 saturated heterocycles. The highest BCUT2D eigenvalue weighted by atomic mass is 35.5. The Morgan fingerprint density at radius 3 is 1.93 bits per heavy atom. The molecule has 3 aromatic carbocycles. The monoisotopic (exact) mass is 449 g/mol. The lowest BCUT2D eigenvalue weighted by atomic mass is 10.0. The van der Waals surface area contributed by atoms with Crippen molar-refractivity contribution in [2.45, 2.75) is 17.7 Å². The number of Topliss-reactive ketones (excluding diaryl/α,β-unsaturated/α-hetero) is 1. The molecule has 0 aromatic heterocycles. The van der Waals surface area contributed by atoms with Crippen molar-refractivity contribution in [1.82, 2.24) is 0 Å². The Labute approximate surface area is 179 Å². The lowest BCUT2D eigenvalue weighted by molar-refractivity contribution is -0.117. The van der Waals surface area contributed by atoms with Crippen molar-refractivity contribution in [3.8, 4) is 5.75 Å². The topological polar surface area (TPSA) is 83.5 Å². The number of hydrogen-bond donors (Lipinski definition) is 2. The number of phenolic OH excluding ortho intramolecular Hbond substituents is 1. The van der Waals surface area contributed by atoms with Crippen LogP contribution in [0.2, 0.25) is 10.0 Å². The maximum atomic E-state index is 12.5. The molecule has 0 radical (unpaired) electrons. The van der Waals surface area contributed by atoms with Gasteiger partial charge in [-0.3, -0.25) is 9.52 Å². The van der Waals surface area contributed by atoms with Gasteiger partial charge in [0.1, 0.15) is 11.5 Å². The molecule has 0 heterocycles. The van der Waals surface area contributed by atoms with E-state index in [0.29, 0.717) is 16.3 Å². The number of phenols is 1. The van der Waals surface area contributed by atoms with Crippen LogP contribution in [0.5, 0.6) is 5.75 Å². The quantitative estimate of drug-likeness (QED) is 0.539. The first kappa shape index (κ1) is 21.2. The number of sulfonamides is 1. The third-order valence-electron chi connectivity index (χ3n) is 4.14. The minimum atomic E-state index is -3.80. The first-order valence-corrected chi connectivity index (χ1v) is 10.8. The van der Waals surface area contributed by atoms with Crippen LogP contribution in [0.25, 0.3) is 0 Å². The molecule has 3 aromatic rings. The minimum Gasteiger partial charge on any atom is -0.508 e. The number of rotatable bonds is 7. The zero-order valence-corrected chi connectivity index (χ0v) is 17.4. The van der Waals surface area contributed by atoms with Gasteiger partial charge < -0.3 is 5.11 Å².